The number of hydrogen-bond donors (Lipinski definition) is 1. The lowest BCUT2D eigenvalue weighted by molar-refractivity contribution is -0.124. The monoisotopic (exact) mass is 453 g/mol. The Labute approximate surface area is 148 Å². The van der Waals surface area contributed by atoms with E-state index in [9.17, 15) is 13.6 Å². The van der Waals surface area contributed by atoms with Crippen LogP contribution in [0.3, 0.4) is 0 Å². The minimum Gasteiger partial charge on any atom is -0.352 e. The fourth-order valence-corrected chi connectivity index (χ4v) is 2.81. The molecule has 2 aromatic heterocycles. The summed E-state index contributed by atoms with van der Waals surface area (Å²) in [5.41, 5.74) is 0.127. The van der Waals surface area contributed by atoms with E-state index in [1.165, 1.54) is 4.68 Å². The Hall–Kier alpha value is -1.29. The van der Waals surface area contributed by atoms with Gasteiger partial charge in [0.1, 0.15) is 11.7 Å². The normalized spacial score (nSPS) is 12.7. The van der Waals surface area contributed by atoms with Crippen LogP contribution in [-0.4, -0.2) is 32.0 Å². The van der Waals surface area contributed by atoms with E-state index in [1.54, 1.807) is 30.9 Å². The number of amides is 1. The van der Waals surface area contributed by atoms with Gasteiger partial charge < -0.3 is 5.32 Å². The first-order chi connectivity index (χ1) is 10.8. The number of nitrogens with one attached hydrogen (secondary N) is 1. The molecular formula is C13H15Br2F2N5O. The number of carbonyl (C=O) groups excluding carboxylic acids is 1. The Bertz CT molecular complexity index is 701. The van der Waals surface area contributed by atoms with Gasteiger partial charge in [-0.05, 0) is 45.7 Å². The summed E-state index contributed by atoms with van der Waals surface area (Å²) in [6.07, 6.45) is 0.748. The standard InChI is InChI=1S/C13H15Br2F2N5O/c1-7-10(15)11(12(16)17)20-22(7)8(2)13(23)18-3-4-21-6-9(14)5-19-21/h5-6,8,12H,3-4H2,1-2H3,(H,18,23)/t8-/m0/s1. The highest BCUT2D eigenvalue weighted by Crippen LogP contribution is 2.30. The largest absolute Gasteiger partial charge is 0.352 e. The molecule has 0 saturated carbocycles. The molecule has 1 atom stereocenters. The van der Waals surface area contributed by atoms with Crippen LogP contribution in [0, 0.1) is 6.92 Å². The molecule has 23 heavy (non-hydrogen) atoms. The van der Waals surface area contributed by atoms with Crippen molar-refractivity contribution in [2.75, 3.05) is 6.54 Å². The molecule has 0 unspecified atom stereocenters. The third-order valence-corrected chi connectivity index (χ3v) is 4.69. The molecule has 0 fully saturated rings. The van der Waals surface area contributed by atoms with Crippen molar-refractivity contribution in [2.45, 2.75) is 32.9 Å². The summed E-state index contributed by atoms with van der Waals surface area (Å²) >= 11 is 6.38. The Kier molecular flexibility index (Phi) is 5.90. The van der Waals surface area contributed by atoms with Crippen molar-refractivity contribution in [2.24, 2.45) is 0 Å². The summed E-state index contributed by atoms with van der Waals surface area (Å²) in [5.74, 6) is -0.296. The van der Waals surface area contributed by atoms with Crippen molar-refractivity contribution < 1.29 is 13.6 Å². The van der Waals surface area contributed by atoms with E-state index in [0.717, 1.165) is 4.47 Å². The van der Waals surface area contributed by atoms with E-state index in [2.05, 4.69) is 47.4 Å². The minimum atomic E-state index is -2.70. The molecule has 0 aromatic carbocycles. The molecule has 1 amide bonds. The molecule has 0 aliphatic heterocycles. The van der Waals surface area contributed by atoms with Crippen molar-refractivity contribution in [3.63, 3.8) is 0 Å². The van der Waals surface area contributed by atoms with Gasteiger partial charge in [-0.3, -0.25) is 14.2 Å². The van der Waals surface area contributed by atoms with Crippen LogP contribution in [0.4, 0.5) is 8.78 Å². The van der Waals surface area contributed by atoms with Crippen molar-refractivity contribution >= 4 is 37.8 Å². The summed E-state index contributed by atoms with van der Waals surface area (Å²) in [5, 5.41) is 10.7. The molecule has 0 aliphatic carbocycles. The van der Waals surface area contributed by atoms with Gasteiger partial charge in [-0.25, -0.2) is 8.78 Å². The lowest BCUT2D eigenvalue weighted by Crippen LogP contribution is -2.34. The molecule has 0 saturated heterocycles. The second-order valence-corrected chi connectivity index (χ2v) is 6.63. The number of aromatic nitrogens is 4. The molecule has 0 aliphatic rings. The van der Waals surface area contributed by atoms with Crippen LogP contribution < -0.4 is 5.32 Å². The lowest BCUT2D eigenvalue weighted by atomic mass is 10.3. The van der Waals surface area contributed by atoms with Crippen LogP contribution in [-0.2, 0) is 11.3 Å². The van der Waals surface area contributed by atoms with Gasteiger partial charge in [-0.15, -0.1) is 0 Å². The first-order valence-electron chi connectivity index (χ1n) is 6.79. The van der Waals surface area contributed by atoms with Gasteiger partial charge in [0.25, 0.3) is 6.43 Å². The Morgan fingerprint density at radius 2 is 2.13 bits per heavy atom. The van der Waals surface area contributed by atoms with Crippen molar-refractivity contribution in [3.05, 3.63) is 32.7 Å². The van der Waals surface area contributed by atoms with Gasteiger partial charge in [0.05, 0.1) is 27.4 Å². The first kappa shape index (κ1) is 18.1. The SMILES string of the molecule is Cc1c(Br)c(C(F)F)nn1[C@@H](C)C(=O)NCCn1cc(Br)cn1. The molecule has 0 spiro atoms. The predicted octanol–water partition coefficient (Wildman–Crippen LogP) is 3.23. The van der Waals surface area contributed by atoms with Crippen LogP contribution in [0.15, 0.2) is 21.3 Å². The lowest BCUT2D eigenvalue weighted by Gasteiger charge is -2.14. The Balaban J connectivity index is 1.98. The molecule has 126 valence electrons. The predicted molar refractivity (Wildman–Crippen MR) is 87.3 cm³/mol. The van der Waals surface area contributed by atoms with Gasteiger partial charge in [-0.1, -0.05) is 0 Å². The Morgan fingerprint density at radius 1 is 1.43 bits per heavy atom. The number of hydrogen-bond acceptors (Lipinski definition) is 3. The molecule has 2 heterocycles. The average molecular weight is 455 g/mol. The molecule has 2 rings (SSSR count). The molecule has 0 bridgehead atoms. The van der Waals surface area contributed by atoms with E-state index in [1.807, 2.05) is 0 Å². The zero-order chi connectivity index (χ0) is 17.1. The van der Waals surface area contributed by atoms with Crippen LogP contribution in [0.5, 0.6) is 0 Å². The zero-order valence-corrected chi connectivity index (χ0v) is 15.6. The molecule has 10 heteroatoms. The highest BCUT2D eigenvalue weighted by atomic mass is 79.9. The molecule has 6 nitrogen and oxygen atoms in total. The average Bonchev–Trinajstić information content (AvgIpc) is 3.03. The molecular weight excluding hydrogens is 440 g/mol. The maximum atomic E-state index is 12.9. The number of nitrogens with zero attached hydrogens (tertiary/aromatic N) is 4. The first-order valence-corrected chi connectivity index (χ1v) is 8.38. The maximum Gasteiger partial charge on any atom is 0.283 e. The number of alkyl halides is 2. The van der Waals surface area contributed by atoms with Crippen molar-refractivity contribution in [1.82, 2.24) is 24.9 Å². The minimum absolute atomic E-state index is 0.230. The zero-order valence-electron chi connectivity index (χ0n) is 12.4. The van der Waals surface area contributed by atoms with Gasteiger partial charge in [0, 0.05) is 12.7 Å². The number of halogens is 4. The van der Waals surface area contributed by atoms with Gasteiger partial charge in [-0.2, -0.15) is 10.2 Å². The summed E-state index contributed by atoms with van der Waals surface area (Å²) < 4.78 is 29.8. The van der Waals surface area contributed by atoms with Crippen LogP contribution in [0.2, 0.25) is 0 Å². The molecule has 1 N–H and O–H groups in total. The third-order valence-electron chi connectivity index (χ3n) is 3.30. The van der Waals surface area contributed by atoms with E-state index in [-0.39, 0.29) is 16.1 Å². The van der Waals surface area contributed by atoms with E-state index in [0.29, 0.717) is 18.8 Å². The highest BCUT2D eigenvalue weighted by molar-refractivity contribution is 9.10. The third kappa shape index (κ3) is 4.17. The van der Waals surface area contributed by atoms with Crippen LogP contribution in [0.1, 0.15) is 30.8 Å². The number of carbonyl (C=O) groups is 1. The summed E-state index contributed by atoms with van der Waals surface area (Å²) in [4.78, 5) is 12.2. The molecule has 2 aromatic rings. The summed E-state index contributed by atoms with van der Waals surface area (Å²) in [6.45, 7) is 4.13. The summed E-state index contributed by atoms with van der Waals surface area (Å²) in [6, 6.07) is -0.692. The van der Waals surface area contributed by atoms with Gasteiger partial charge in [0.2, 0.25) is 5.91 Å². The smallest absolute Gasteiger partial charge is 0.283 e. The van der Waals surface area contributed by atoms with Crippen LogP contribution in [0.25, 0.3) is 0 Å². The van der Waals surface area contributed by atoms with E-state index >= 15 is 0 Å². The topological polar surface area (TPSA) is 64.7 Å². The fraction of sp³-hybridized carbons (Fsp3) is 0.462. The maximum absolute atomic E-state index is 12.9. The van der Waals surface area contributed by atoms with Crippen molar-refractivity contribution in [3.8, 4) is 0 Å². The quantitative estimate of drug-likeness (QED) is 0.728. The van der Waals surface area contributed by atoms with Crippen LogP contribution >= 0.6 is 31.9 Å². The van der Waals surface area contributed by atoms with Crippen molar-refractivity contribution in [1.29, 1.82) is 0 Å². The van der Waals surface area contributed by atoms with Gasteiger partial charge in [0.15, 0.2) is 0 Å². The second-order valence-electron chi connectivity index (χ2n) is 4.92. The fourth-order valence-electron chi connectivity index (χ4n) is 2.05. The Morgan fingerprint density at radius 3 is 2.65 bits per heavy atom. The highest BCUT2D eigenvalue weighted by Gasteiger charge is 2.25. The second kappa shape index (κ2) is 7.52. The van der Waals surface area contributed by atoms with E-state index < -0.39 is 12.5 Å². The molecule has 0 radical (unpaired) electrons. The van der Waals surface area contributed by atoms with Gasteiger partial charge >= 0.3 is 0 Å². The summed E-state index contributed by atoms with van der Waals surface area (Å²) in [7, 11) is 0. The number of rotatable bonds is 6. The van der Waals surface area contributed by atoms with E-state index in [4.69, 9.17) is 0 Å².